The number of anilines is 2. The molecule has 66 heavy (non-hydrogen) atoms. The second kappa shape index (κ2) is 20.1. The van der Waals surface area contributed by atoms with Gasteiger partial charge >= 0.3 is 5.97 Å². The van der Waals surface area contributed by atoms with Gasteiger partial charge < -0.3 is 34.8 Å². The second-order valence-corrected chi connectivity index (χ2v) is 16.6. The van der Waals surface area contributed by atoms with Gasteiger partial charge in [-0.2, -0.15) is 0 Å². The molecule has 19 heteroatoms. The highest BCUT2D eigenvalue weighted by molar-refractivity contribution is 5.90. The molecule has 0 aliphatic carbocycles. The van der Waals surface area contributed by atoms with Crippen molar-refractivity contribution in [3.8, 4) is 11.4 Å². The molecule has 2 atom stereocenters. The van der Waals surface area contributed by atoms with E-state index in [2.05, 4.69) is 109 Å². The van der Waals surface area contributed by atoms with Crippen molar-refractivity contribution in [3.63, 3.8) is 0 Å². The maximum absolute atomic E-state index is 13.1. The molecule has 2 fully saturated rings. The lowest BCUT2D eigenvalue weighted by atomic mass is 10.1. The largest absolute Gasteiger partial charge is 0.475 e. The predicted molar refractivity (Wildman–Crippen MR) is 248 cm³/mol. The molecule has 344 valence electrons. The Hall–Kier alpha value is -7.54. The summed E-state index contributed by atoms with van der Waals surface area (Å²) in [6, 6.07) is 19.9. The zero-order valence-corrected chi connectivity index (χ0v) is 36.4. The van der Waals surface area contributed by atoms with Crippen LogP contribution in [0.25, 0.3) is 22.4 Å². The van der Waals surface area contributed by atoms with Crippen LogP contribution in [0, 0.1) is 11.6 Å². The molecule has 0 saturated carbocycles. The summed E-state index contributed by atoms with van der Waals surface area (Å²) in [4.78, 5) is 45.2. The van der Waals surface area contributed by atoms with Crippen LogP contribution in [-0.4, -0.2) is 104 Å². The Labute approximate surface area is 380 Å². The number of aromatic carboxylic acids is 1. The van der Waals surface area contributed by atoms with Crippen molar-refractivity contribution in [2.75, 3.05) is 36.0 Å². The van der Waals surface area contributed by atoms with Gasteiger partial charge in [-0.05, 0) is 97.5 Å². The molecule has 2 aliphatic rings. The first-order valence-electron chi connectivity index (χ1n) is 21.4. The van der Waals surface area contributed by atoms with Gasteiger partial charge in [0, 0.05) is 63.1 Å². The smallest absolute Gasteiger partial charge is 0.375 e. The molecule has 17 nitrogen and oxygen atoms in total. The van der Waals surface area contributed by atoms with E-state index in [9.17, 15) is 18.4 Å². The summed E-state index contributed by atoms with van der Waals surface area (Å²) in [7, 11) is 0. The van der Waals surface area contributed by atoms with Gasteiger partial charge in [-0.1, -0.05) is 35.1 Å². The second-order valence-electron chi connectivity index (χ2n) is 16.6. The molecule has 10 rings (SSSR count). The van der Waals surface area contributed by atoms with Crippen LogP contribution in [0.4, 0.5) is 20.4 Å². The van der Waals surface area contributed by atoms with E-state index >= 15 is 0 Å². The molecule has 0 radical (unpaired) electrons. The third-order valence-electron chi connectivity index (χ3n) is 11.1. The Balaban J connectivity index is 0.000000161. The van der Waals surface area contributed by atoms with Crippen molar-refractivity contribution in [2.24, 2.45) is 5.73 Å². The first-order valence-corrected chi connectivity index (χ1v) is 21.4. The first-order chi connectivity index (χ1) is 31.3. The maximum Gasteiger partial charge on any atom is 0.375 e. The van der Waals surface area contributed by atoms with Crippen LogP contribution < -0.4 is 20.9 Å². The summed E-state index contributed by atoms with van der Waals surface area (Å²) in [5.41, 5.74) is 11.6. The zero-order valence-electron chi connectivity index (χ0n) is 36.4. The van der Waals surface area contributed by atoms with Gasteiger partial charge in [0.25, 0.3) is 11.7 Å². The normalized spacial score (nSPS) is 15.7. The fourth-order valence-electron chi connectivity index (χ4n) is 7.58. The average Bonchev–Trinajstić information content (AvgIpc) is 4.16. The number of nitrogens with zero attached hydrogens (tertiary/aromatic N) is 12. The average molecular weight is 901 g/mol. The van der Waals surface area contributed by atoms with Gasteiger partial charge in [0.05, 0.1) is 33.8 Å². The fourth-order valence-corrected chi connectivity index (χ4v) is 7.58. The van der Waals surface area contributed by atoms with Crippen LogP contribution in [0.5, 0.6) is 0 Å². The number of benzene rings is 2. The quantitative estimate of drug-likeness (QED) is 0.136. The summed E-state index contributed by atoms with van der Waals surface area (Å²) in [5, 5.41) is 19.6. The zero-order chi connectivity index (χ0) is 45.8. The number of amides is 1. The number of nitrogens with one attached hydrogen (secondary N) is 1. The molecule has 0 unspecified atom stereocenters. The van der Waals surface area contributed by atoms with Gasteiger partial charge in [-0.25, -0.2) is 42.9 Å². The lowest BCUT2D eigenvalue weighted by Crippen LogP contribution is -2.37. The van der Waals surface area contributed by atoms with Crippen LogP contribution in [0.3, 0.4) is 0 Å². The Kier molecular flexibility index (Phi) is 14.1. The molecule has 0 spiro atoms. The molecule has 2 aromatic carbocycles. The molecule has 1 amide bonds. The molecule has 4 N–H and O–H groups in total. The Morgan fingerprint density at radius 3 is 1.62 bits per heavy atom. The van der Waals surface area contributed by atoms with Crippen molar-refractivity contribution in [3.05, 3.63) is 145 Å². The summed E-state index contributed by atoms with van der Waals surface area (Å²) in [6.45, 7) is 12.0. The maximum atomic E-state index is 13.1. The molecule has 8 heterocycles. The highest BCUT2D eigenvalue weighted by atomic mass is 19.1. The van der Waals surface area contributed by atoms with E-state index < -0.39 is 5.97 Å². The van der Waals surface area contributed by atoms with E-state index in [4.69, 9.17) is 20.8 Å². The van der Waals surface area contributed by atoms with Crippen molar-refractivity contribution >= 4 is 34.5 Å². The summed E-state index contributed by atoms with van der Waals surface area (Å²) in [6.07, 6.45) is 12.9. The van der Waals surface area contributed by atoms with Crippen molar-refractivity contribution in [1.29, 1.82) is 0 Å². The van der Waals surface area contributed by atoms with Crippen LogP contribution >= 0.6 is 0 Å². The molecule has 0 bridgehead atoms. The Morgan fingerprint density at radius 1 is 0.697 bits per heavy atom. The number of carboxylic acid groups (broad SMARTS) is 1. The fraction of sp³-hybridized carbons (Fsp3) is 0.319. The number of aromatic nitrogens is 10. The SMILES string of the molecule is C.CC(C)c1cn2cccc2c(N2CC[C@H](N)C2)n1.CC(C)c1cn2cccc2c(N2CC[C@H](NC(=O)c3ncn(-c4ccc(F)cc4)n3)C2)n1.O=C(O)c1ncn(-c2ccc(F)cc2)n1. The molecule has 8 aromatic rings. The van der Waals surface area contributed by atoms with Crippen LogP contribution in [0.15, 0.2) is 110 Å². The van der Waals surface area contributed by atoms with Gasteiger partial charge in [0.15, 0.2) is 11.6 Å². The highest BCUT2D eigenvalue weighted by Gasteiger charge is 2.28. The number of halogens is 2. The lowest BCUT2D eigenvalue weighted by molar-refractivity contribution is 0.0683. The minimum absolute atomic E-state index is 0. The van der Waals surface area contributed by atoms with E-state index in [1.807, 2.05) is 12.3 Å². The number of carbonyl (C=O) groups excluding carboxylic acids is 1. The highest BCUT2D eigenvalue weighted by Crippen LogP contribution is 2.28. The molecule has 6 aromatic heterocycles. The standard InChI is InChI=1S/C23H24FN7O.C14H20N4.C9H6FN3O2.CH4/c1-15(2)19-13-29-10-3-4-20(29)22(27-19)30-11-9-17(12-30)26-23(32)21-25-14-31(28-21)18-7-5-16(24)6-8-18;1-10(2)12-9-17-6-3-4-13(17)14(16-12)18-7-5-11(15)8-18;10-6-1-3-7(4-2-6)13-5-11-8(12-13)9(14)15;/h3-8,10,13-15,17H,9,11-12H2,1-2H3,(H,26,32);3-4,6,9-11H,5,7-8,15H2,1-2H3;1-5H,(H,14,15);1H4/t17-;11-;;/m00../s1. The van der Waals surface area contributed by atoms with Crippen molar-refractivity contribution < 1.29 is 23.5 Å². The van der Waals surface area contributed by atoms with E-state index in [1.165, 1.54) is 63.9 Å². The van der Waals surface area contributed by atoms with Gasteiger partial charge in [-0.3, -0.25) is 4.79 Å². The van der Waals surface area contributed by atoms with Crippen molar-refractivity contribution in [2.45, 2.75) is 71.9 Å². The number of rotatable bonds is 9. The summed E-state index contributed by atoms with van der Waals surface area (Å²) in [5.74, 6) is 0.357. The van der Waals surface area contributed by atoms with E-state index in [1.54, 1.807) is 12.1 Å². The van der Waals surface area contributed by atoms with Gasteiger partial charge in [-0.15, -0.1) is 10.2 Å². The van der Waals surface area contributed by atoms with Crippen molar-refractivity contribution in [1.82, 2.24) is 53.6 Å². The lowest BCUT2D eigenvalue weighted by Gasteiger charge is -2.21. The minimum atomic E-state index is -1.20. The number of nitrogens with two attached hydrogens (primary N) is 1. The molecular weight excluding hydrogens is 847 g/mol. The van der Waals surface area contributed by atoms with E-state index in [-0.39, 0.29) is 48.7 Å². The molecular formula is C47H54F2N14O3. The van der Waals surface area contributed by atoms with Crippen LogP contribution in [0.2, 0.25) is 0 Å². The number of fused-ring (bicyclic) bond motifs is 2. The molecule has 2 saturated heterocycles. The van der Waals surface area contributed by atoms with Crippen LogP contribution in [-0.2, 0) is 0 Å². The third-order valence-corrected chi connectivity index (χ3v) is 11.1. The van der Waals surface area contributed by atoms with E-state index in [0.29, 0.717) is 29.8 Å². The monoisotopic (exact) mass is 900 g/mol. The predicted octanol–water partition coefficient (Wildman–Crippen LogP) is 6.92. The van der Waals surface area contributed by atoms with E-state index in [0.717, 1.165) is 61.0 Å². The summed E-state index contributed by atoms with van der Waals surface area (Å²) < 4.78 is 32.7. The Bertz CT molecular complexity index is 2900. The topological polar surface area (TPSA) is 195 Å². The Morgan fingerprint density at radius 2 is 1.17 bits per heavy atom. The number of hydrogen-bond donors (Lipinski definition) is 3. The third kappa shape index (κ3) is 10.5. The number of hydrogen-bond acceptors (Lipinski definition) is 11. The molecule has 2 aliphatic heterocycles. The summed E-state index contributed by atoms with van der Waals surface area (Å²) >= 11 is 0. The minimum Gasteiger partial charge on any atom is -0.475 e. The van der Waals surface area contributed by atoms with Gasteiger partial charge in [0.2, 0.25) is 5.82 Å². The number of carboxylic acids is 1. The number of carbonyl (C=O) groups is 2. The first kappa shape index (κ1) is 46.5. The van der Waals surface area contributed by atoms with Gasteiger partial charge in [0.1, 0.15) is 24.3 Å². The van der Waals surface area contributed by atoms with Crippen LogP contribution in [0.1, 0.15) is 92.4 Å².